The Morgan fingerprint density at radius 2 is 1.91 bits per heavy atom. The van der Waals surface area contributed by atoms with Crippen LogP contribution in [0.25, 0.3) is 11.5 Å². The van der Waals surface area contributed by atoms with Crippen LogP contribution >= 0.6 is 0 Å². The van der Waals surface area contributed by atoms with E-state index in [0.717, 1.165) is 18.2 Å². The van der Waals surface area contributed by atoms with Crippen molar-refractivity contribution in [2.24, 2.45) is 0 Å². The Labute approximate surface area is 120 Å². The van der Waals surface area contributed by atoms with Crippen molar-refractivity contribution < 1.29 is 13.6 Å². The minimum atomic E-state index is -0.990. The van der Waals surface area contributed by atoms with Gasteiger partial charge in [-0.15, -0.1) is 0 Å². The molecule has 1 aromatic carbocycles. The number of carbonyl (C=O) groups excluding carboxylic acids is 1. The molecule has 2 aromatic heterocycles. The van der Waals surface area contributed by atoms with Crippen molar-refractivity contribution in [2.45, 2.75) is 0 Å². The van der Waals surface area contributed by atoms with E-state index in [0.29, 0.717) is 0 Å². The molecule has 0 bridgehead atoms. The number of halogens is 2. The highest BCUT2D eigenvalue weighted by Gasteiger charge is 2.20. The molecule has 0 aliphatic carbocycles. The average molecular weight is 306 g/mol. The molecule has 1 amide bonds. The van der Waals surface area contributed by atoms with Crippen molar-refractivity contribution >= 4 is 11.6 Å². The minimum Gasteiger partial charge on any atom is -0.318 e. The molecule has 0 fully saturated rings. The summed E-state index contributed by atoms with van der Waals surface area (Å²) < 4.78 is 27.1. The molecule has 112 valence electrons. The van der Waals surface area contributed by atoms with E-state index in [1.165, 1.54) is 6.20 Å². The van der Waals surface area contributed by atoms with E-state index in [1.807, 2.05) is 0 Å². The minimum absolute atomic E-state index is 0.0896. The smallest absolute Gasteiger partial charge is 0.318 e. The Kier molecular flexibility index (Phi) is 3.26. The van der Waals surface area contributed by atoms with Gasteiger partial charge in [0.25, 0.3) is 5.91 Å². The number of anilines is 1. The van der Waals surface area contributed by atoms with Gasteiger partial charge in [-0.2, -0.15) is 10.2 Å². The third-order valence-corrected chi connectivity index (χ3v) is 2.82. The van der Waals surface area contributed by atoms with Crippen LogP contribution in [0.1, 0.15) is 10.4 Å². The number of H-pyrrole nitrogens is 3. The summed E-state index contributed by atoms with van der Waals surface area (Å²) >= 11 is 0. The Bertz CT molecular complexity index is 877. The Hall–Kier alpha value is -3.30. The van der Waals surface area contributed by atoms with Gasteiger partial charge in [0.2, 0.25) is 0 Å². The molecule has 22 heavy (non-hydrogen) atoms. The van der Waals surface area contributed by atoms with Crippen molar-refractivity contribution in [3.63, 3.8) is 0 Å². The number of nitrogens with one attached hydrogen (secondary N) is 4. The van der Waals surface area contributed by atoms with Gasteiger partial charge in [-0.3, -0.25) is 14.9 Å². The number of aromatic nitrogens is 5. The molecule has 0 atom stereocenters. The second-order valence-electron chi connectivity index (χ2n) is 4.24. The first-order valence-corrected chi connectivity index (χ1v) is 6.00. The maximum absolute atomic E-state index is 13.6. The van der Waals surface area contributed by atoms with Crippen molar-refractivity contribution in [1.82, 2.24) is 25.4 Å². The molecule has 10 heteroatoms. The second-order valence-corrected chi connectivity index (χ2v) is 4.24. The summed E-state index contributed by atoms with van der Waals surface area (Å²) in [7, 11) is 0. The van der Waals surface area contributed by atoms with Crippen LogP contribution in [-0.4, -0.2) is 31.3 Å². The largest absolute Gasteiger partial charge is 0.340 e. The molecular formula is C12H8F2N6O2. The van der Waals surface area contributed by atoms with Crippen LogP contribution in [0.5, 0.6) is 0 Å². The van der Waals surface area contributed by atoms with Crippen LogP contribution in [0.3, 0.4) is 0 Å². The highest BCUT2D eigenvalue weighted by Crippen LogP contribution is 2.22. The maximum Gasteiger partial charge on any atom is 0.340 e. The van der Waals surface area contributed by atoms with E-state index >= 15 is 0 Å². The lowest BCUT2D eigenvalue weighted by atomic mass is 10.2. The van der Waals surface area contributed by atoms with Gasteiger partial charge >= 0.3 is 5.69 Å². The molecule has 0 aliphatic rings. The fourth-order valence-electron chi connectivity index (χ4n) is 1.85. The number of hydrogen-bond acceptors (Lipinski definition) is 4. The number of benzene rings is 1. The summed E-state index contributed by atoms with van der Waals surface area (Å²) in [4.78, 5) is 25.4. The summed E-state index contributed by atoms with van der Waals surface area (Å²) in [5.41, 5.74) is -0.981. The van der Waals surface area contributed by atoms with Crippen LogP contribution in [0.4, 0.5) is 14.5 Å². The molecule has 0 radical (unpaired) electrons. The van der Waals surface area contributed by atoms with Gasteiger partial charge in [0.15, 0.2) is 5.82 Å². The average Bonchev–Trinajstić information content (AvgIpc) is 3.07. The first-order chi connectivity index (χ1) is 10.6. The van der Waals surface area contributed by atoms with E-state index in [4.69, 9.17) is 0 Å². The molecule has 0 spiro atoms. The topological polar surface area (TPSA) is 119 Å². The highest BCUT2D eigenvalue weighted by atomic mass is 19.1. The highest BCUT2D eigenvalue weighted by molar-refractivity contribution is 6.06. The molecule has 4 N–H and O–H groups in total. The van der Waals surface area contributed by atoms with Crippen LogP contribution in [0.15, 0.2) is 29.2 Å². The quantitative estimate of drug-likeness (QED) is 0.577. The van der Waals surface area contributed by atoms with E-state index in [1.54, 1.807) is 0 Å². The van der Waals surface area contributed by atoms with Gasteiger partial charge in [0, 0.05) is 0 Å². The monoisotopic (exact) mass is 306 g/mol. The van der Waals surface area contributed by atoms with Gasteiger partial charge < -0.3 is 5.32 Å². The normalized spacial score (nSPS) is 10.6. The third kappa shape index (κ3) is 2.37. The number of nitrogens with zero attached hydrogens (tertiary/aromatic N) is 2. The molecule has 3 rings (SSSR count). The molecule has 0 saturated carbocycles. The SMILES string of the molecule is O=C(Nc1cn[nH]c1-c1n[nH]c(=O)[nH]1)c1c(F)cccc1F. The van der Waals surface area contributed by atoms with E-state index in [2.05, 4.69) is 30.7 Å². The zero-order valence-corrected chi connectivity index (χ0v) is 10.8. The van der Waals surface area contributed by atoms with Crippen LogP contribution in [0.2, 0.25) is 0 Å². The first-order valence-electron chi connectivity index (χ1n) is 6.00. The molecule has 0 unspecified atom stereocenters. The van der Waals surface area contributed by atoms with Crippen molar-refractivity contribution in [3.05, 3.63) is 52.1 Å². The molecule has 0 aliphatic heterocycles. The third-order valence-electron chi connectivity index (χ3n) is 2.82. The Morgan fingerprint density at radius 3 is 2.55 bits per heavy atom. The zero-order valence-electron chi connectivity index (χ0n) is 10.8. The standard InChI is InChI=1S/C12H8F2N6O2/c13-5-2-1-3-6(14)8(5)11(21)16-7-4-15-18-9(7)10-17-12(22)20-19-10/h1-4H,(H,15,18)(H,16,21)(H2,17,19,20,22). The van der Waals surface area contributed by atoms with Gasteiger partial charge in [0.05, 0.1) is 11.9 Å². The maximum atomic E-state index is 13.6. The number of rotatable bonds is 3. The fraction of sp³-hybridized carbons (Fsp3) is 0. The lowest BCUT2D eigenvalue weighted by Gasteiger charge is -2.06. The van der Waals surface area contributed by atoms with Gasteiger partial charge in [0.1, 0.15) is 22.9 Å². The Morgan fingerprint density at radius 1 is 1.18 bits per heavy atom. The van der Waals surface area contributed by atoms with Crippen LogP contribution in [0, 0.1) is 11.6 Å². The summed E-state index contributed by atoms with van der Waals surface area (Å²) in [5, 5.41) is 14.3. The van der Waals surface area contributed by atoms with Crippen LogP contribution < -0.4 is 11.0 Å². The van der Waals surface area contributed by atoms with Crippen molar-refractivity contribution in [3.8, 4) is 11.5 Å². The summed E-state index contributed by atoms with van der Waals surface area (Å²) in [6, 6.07) is 3.10. The predicted octanol–water partition coefficient (Wildman–Crippen LogP) is 1.02. The fourth-order valence-corrected chi connectivity index (χ4v) is 1.85. The van der Waals surface area contributed by atoms with Gasteiger partial charge in [-0.05, 0) is 12.1 Å². The number of carbonyl (C=O) groups is 1. The summed E-state index contributed by atoms with van der Waals surface area (Å²) in [5.74, 6) is -2.88. The number of hydrogen-bond donors (Lipinski definition) is 4. The second kappa shape index (κ2) is 5.24. The molecule has 8 nitrogen and oxygen atoms in total. The summed E-state index contributed by atoms with van der Waals surface area (Å²) in [6.07, 6.45) is 1.22. The lowest BCUT2D eigenvalue weighted by Crippen LogP contribution is -2.16. The first kappa shape index (κ1) is 13.7. The number of aromatic amines is 3. The Balaban J connectivity index is 1.93. The molecule has 2 heterocycles. The van der Waals surface area contributed by atoms with Crippen molar-refractivity contribution in [1.29, 1.82) is 0 Å². The van der Waals surface area contributed by atoms with E-state index in [9.17, 15) is 18.4 Å². The summed E-state index contributed by atoms with van der Waals surface area (Å²) in [6.45, 7) is 0. The van der Waals surface area contributed by atoms with Crippen molar-refractivity contribution in [2.75, 3.05) is 5.32 Å². The molecular weight excluding hydrogens is 298 g/mol. The van der Waals surface area contributed by atoms with E-state index < -0.39 is 28.8 Å². The van der Waals surface area contributed by atoms with Gasteiger partial charge in [-0.25, -0.2) is 18.7 Å². The lowest BCUT2D eigenvalue weighted by molar-refractivity contribution is 0.101. The molecule has 0 saturated heterocycles. The zero-order chi connectivity index (χ0) is 15.7. The predicted molar refractivity (Wildman–Crippen MR) is 71.1 cm³/mol. The molecule has 3 aromatic rings. The van der Waals surface area contributed by atoms with E-state index in [-0.39, 0.29) is 17.2 Å². The van der Waals surface area contributed by atoms with Gasteiger partial charge in [-0.1, -0.05) is 6.07 Å². The van der Waals surface area contributed by atoms with Crippen LogP contribution in [-0.2, 0) is 0 Å². The number of amides is 1.